The third-order valence-electron chi connectivity index (χ3n) is 5.07. The summed E-state index contributed by atoms with van der Waals surface area (Å²) in [6, 6.07) is 10.5. The van der Waals surface area contributed by atoms with Gasteiger partial charge in [0.25, 0.3) is 5.91 Å². The van der Waals surface area contributed by atoms with Crippen LogP contribution in [0.15, 0.2) is 48.8 Å². The molecule has 3 rings (SSSR count). The van der Waals surface area contributed by atoms with E-state index >= 15 is 0 Å². The number of carbonyl (C=O) groups excluding carboxylic acids is 2. The van der Waals surface area contributed by atoms with E-state index in [1.165, 1.54) is 11.9 Å². The van der Waals surface area contributed by atoms with Crippen LogP contribution in [-0.4, -0.2) is 33.0 Å². The lowest BCUT2D eigenvalue weighted by atomic mass is 9.87. The summed E-state index contributed by atoms with van der Waals surface area (Å²) in [5.74, 6) is 0.148. The van der Waals surface area contributed by atoms with Gasteiger partial charge in [-0.25, -0.2) is 0 Å². The van der Waals surface area contributed by atoms with Crippen LogP contribution in [0.1, 0.15) is 59.2 Å². The molecule has 0 aliphatic rings. The number of ether oxygens (including phenoxy) is 1. The van der Waals surface area contributed by atoms with Gasteiger partial charge in [0, 0.05) is 29.4 Å². The van der Waals surface area contributed by atoms with Crippen molar-refractivity contribution >= 4 is 23.6 Å². The van der Waals surface area contributed by atoms with Crippen molar-refractivity contribution in [1.29, 1.82) is 0 Å². The molecule has 0 bridgehead atoms. The van der Waals surface area contributed by atoms with Crippen molar-refractivity contribution in [2.75, 3.05) is 6.26 Å². The van der Waals surface area contributed by atoms with Crippen LogP contribution in [0.25, 0.3) is 11.3 Å². The summed E-state index contributed by atoms with van der Waals surface area (Å²) in [6.07, 6.45) is 5.37. The molecule has 0 saturated heterocycles. The van der Waals surface area contributed by atoms with Crippen LogP contribution in [0, 0.1) is 12.3 Å². The van der Waals surface area contributed by atoms with Gasteiger partial charge in [-0.15, -0.1) is 0 Å². The molecule has 7 nitrogen and oxygen atoms in total. The Morgan fingerprint density at radius 3 is 2.53 bits per heavy atom. The molecular formula is C26H29N3O4S. The number of aromatic nitrogens is 2. The van der Waals surface area contributed by atoms with Crippen LogP contribution in [0.3, 0.4) is 0 Å². The second-order valence-electron chi connectivity index (χ2n) is 9.14. The van der Waals surface area contributed by atoms with Gasteiger partial charge in [-0.3, -0.25) is 24.3 Å². The molecule has 0 saturated carbocycles. The van der Waals surface area contributed by atoms with Gasteiger partial charge in [-0.05, 0) is 36.6 Å². The van der Waals surface area contributed by atoms with E-state index in [1.807, 2.05) is 26.8 Å². The molecule has 2 N–H and O–H groups in total. The highest BCUT2D eigenvalue weighted by atomic mass is 32.2. The molecule has 2 aromatic carbocycles. The van der Waals surface area contributed by atoms with Gasteiger partial charge in [0.15, 0.2) is 5.78 Å². The van der Waals surface area contributed by atoms with Crippen LogP contribution in [0.5, 0.6) is 11.5 Å². The Kier molecular flexibility index (Phi) is 7.94. The number of hydrogen-bond acceptors (Lipinski definition) is 7. The van der Waals surface area contributed by atoms with E-state index in [2.05, 4.69) is 14.7 Å². The predicted octanol–water partition coefficient (Wildman–Crippen LogP) is 5.36. The number of phenolic OH excluding ortho intramolecular Hbond substituents is 1. The van der Waals surface area contributed by atoms with Crippen molar-refractivity contribution < 1.29 is 19.4 Å². The van der Waals surface area contributed by atoms with Crippen molar-refractivity contribution in [3.05, 3.63) is 71.2 Å². The third kappa shape index (κ3) is 6.35. The molecule has 1 heterocycles. The van der Waals surface area contributed by atoms with Crippen molar-refractivity contribution in [2.45, 2.75) is 40.7 Å². The molecule has 0 aliphatic carbocycles. The van der Waals surface area contributed by atoms with Crippen LogP contribution < -0.4 is 9.46 Å². The number of rotatable bonds is 8. The Morgan fingerprint density at radius 2 is 1.88 bits per heavy atom. The topological polar surface area (TPSA) is 101 Å². The van der Waals surface area contributed by atoms with Gasteiger partial charge in [0.2, 0.25) is 0 Å². The first-order valence-corrected chi connectivity index (χ1v) is 12.0. The standard InChI is InChI=1S/C26H29N3O4S/c1-16-23(10-9-20(24(16)31)22(30)12-26(2,3)4)33-15-19-13-28-21(14-27-19)17-7-6-8-18(11-17)25(32)29-34-5/h6-11,13-14,31H,12,15H2,1-5H3,(H,29,32). The number of amides is 1. The van der Waals surface area contributed by atoms with E-state index in [0.29, 0.717) is 40.2 Å². The van der Waals surface area contributed by atoms with E-state index in [-0.39, 0.29) is 29.5 Å². The quantitative estimate of drug-likeness (QED) is 0.331. The lowest BCUT2D eigenvalue weighted by Crippen LogP contribution is -2.14. The Balaban J connectivity index is 1.69. The molecule has 1 amide bonds. The van der Waals surface area contributed by atoms with Crippen LogP contribution in [-0.2, 0) is 6.61 Å². The number of carbonyl (C=O) groups is 2. The van der Waals surface area contributed by atoms with Gasteiger partial charge in [0.1, 0.15) is 18.1 Å². The van der Waals surface area contributed by atoms with Gasteiger partial charge >= 0.3 is 0 Å². The first-order valence-electron chi connectivity index (χ1n) is 10.8. The van der Waals surface area contributed by atoms with Gasteiger partial charge in [-0.1, -0.05) is 44.9 Å². The lowest BCUT2D eigenvalue weighted by Gasteiger charge is -2.18. The summed E-state index contributed by atoms with van der Waals surface area (Å²) < 4.78 is 8.53. The zero-order valence-corrected chi connectivity index (χ0v) is 20.8. The molecule has 3 aromatic rings. The smallest absolute Gasteiger partial charge is 0.261 e. The van der Waals surface area contributed by atoms with E-state index in [1.54, 1.807) is 55.9 Å². The fourth-order valence-corrected chi connectivity index (χ4v) is 3.64. The summed E-state index contributed by atoms with van der Waals surface area (Å²) in [5, 5.41) is 10.5. The minimum atomic E-state index is -0.169. The summed E-state index contributed by atoms with van der Waals surface area (Å²) in [5.41, 5.74) is 3.21. The van der Waals surface area contributed by atoms with Gasteiger partial charge in [0.05, 0.1) is 29.3 Å². The maximum atomic E-state index is 12.5. The van der Waals surface area contributed by atoms with Crippen LogP contribution in [0.4, 0.5) is 0 Å². The number of nitrogens with zero attached hydrogens (tertiary/aromatic N) is 2. The van der Waals surface area contributed by atoms with E-state index in [0.717, 1.165) is 5.56 Å². The monoisotopic (exact) mass is 479 g/mol. The first kappa shape index (κ1) is 25.2. The maximum Gasteiger partial charge on any atom is 0.261 e. The minimum absolute atomic E-state index is 0.0569. The highest BCUT2D eigenvalue weighted by Crippen LogP contribution is 2.33. The Morgan fingerprint density at radius 1 is 1.12 bits per heavy atom. The summed E-state index contributed by atoms with van der Waals surface area (Å²) in [6.45, 7) is 7.82. The number of Topliss-reactive ketones (excluding diaryl/α,β-unsaturated/α-hetero) is 1. The average Bonchev–Trinajstić information content (AvgIpc) is 2.79. The minimum Gasteiger partial charge on any atom is -0.507 e. The van der Waals surface area contributed by atoms with Crippen LogP contribution in [0.2, 0.25) is 0 Å². The van der Waals surface area contributed by atoms with Crippen molar-refractivity contribution in [1.82, 2.24) is 14.7 Å². The fraction of sp³-hybridized carbons (Fsp3) is 0.308. The molecule has 0 unspecified atom stereocenters. The van der Waals surface area contributed by atoms with E-state index in [4.69, 9.17) is 4.74 Å². The zero-order valence-electron chi connectivity index (χ0n) is 20.0. The van der Waals surface area contributed by atoms with Crippen molar-refractivity contribution in [3.8, 4) is 22.8 Å². The number of hydrogen-bond donors (Lipinski definition) is 2. The maximum absolute atomic E-state index is 12.5. The van der Waals surface area contributed by atoms with Crippen LogP contribution >= 0.6 is 11.9 Å². The molecule has 34 heavy (non-hydrogen) atoms. The molecule has 0 radical (unpaired) electrons. The highest BCUT2D eigenvalue weighted by molar-refractivity contribution is 7.97. The summed E-state index contributed by atoms with van der Waals surface area (Å²) in [4.78, 5) is 33.4. The molecule has 0 fully saturated rings. The SMILES string of the molecule is CSNC(=O)c1cccc(-c2cnc(COc3ccc(C(=O)CC(C)(C)C)c(O)c3C)cn2)c1. The molecule has 0 spiro atoms. The predicted molar refractivity (Wildman–Crippen MR) is 134 cm³/mol. The second-order valence-corrected chi connectivity index (χ2v) is 9.76. The van der Waals surface area contributed by atoms with Crippen molar-refractivity contribution in [3.63, 3.8) is 0 Å². The number of phenols is 1. The molecule has 178 valence electrons. The largest absolute Gasteiger partial charge is 0.507 e. The first-order chi connectivity index (χ1) is 16.1. The molecule has 8 heteroatoms. The number of ketones is 1. The normalized spacial score (nSPS) is 11.2. The molecule has 0 aliphatic heterocycles. The van der Waals surface area contributed by atoms with Gasteiger partial charge < -0.3 is 9.84 Å². The number of aromatic hydroxyl groups is 1. The van der Waals surface area contributed by atoms with Crippen molar-refractivity contribution in [2.24, 2.45) is 5.41 Å². The lowest BCUT2D eigenvalue weighted by molar-refractivity contribution is 0.0935. The Hall–Kier alpha value is -3.39. The molecule has 0 atom stereocenters. The number of benzene rings is 2. The highest BCUT2D eigenvalue weighted by Gasteiger charge is 2.21. The number of nitrogens with one attached hydrogen (secondary N) is 1. The second kappa shape index (κ2) is 10.7. The third-order valence-corrected chi connectivity index (χ3v) is 5.46. The fourth-order valence-electron chi connectivity index (χ4n) is 3.34. The van der Waals surface area contributed by atoms with Gasteiger partial charge in [-0.2, -0.15) is 0 Å². The summed E-state index contributed by atoms with van der Waals surface area (Å²) >= 11 is 1.24. The van der Waals surface area contributed by atoms with E-state index in [9.17, 15) is 14.7 Å². The Bertz CT molecular complexity index is 1190. The summed E-state index contributed by atoms with van der Waals surface area (Å²) in [7, 11) is 0. The average molecular weight is 480 g/mol. The zero-order chi connectivity index (χ0) is 24.9. The van der Waals surface area contributed by atoms with E-state index < -0.39 is 0 Å². The Labute approximate surface area is 204 Å². The molecular weight excluding hydrogens is 450 g/mol. The molecule has 1 aromatic heterocycles.